The van der Waals surface area contributed by atoms with Crippen molar-refractivity contribution in [2.24, 2.45) is 0 Å². The molecule has 0 saturated heterocycles. The predicted octanol–water partition coefficient (Wildman–Crippen LogP) is 3.24. The van der Waals surface area contributed by atoms with Crippen LogP contribution in [0.4, 0.5) is 4.39 Å². The van der Waals surface area contributed by atoms with Gasteiger partial charge in [0.25, 0.3) is 0 Å². The number of ether oxygens (including phenoxy) is 3. The van der Waals surface area contributed by atoms with Crippen molar-refractivity contribution in [3.63, 3.8) is 0 Å². The van der Waals surface area contributed by atoms with Gasteiger partial charge < -0.3 is 24.4 Å². The molecule has 1 unspecified atom stereocenters. The zero-order valence-corrected chi connectivity index (χ0v) is 16.0. The summed E-state index contributed by atoms with van der Waals surface area (Å²) in [6, 6.07) is 10.6. The molecule has 142 valence electrons. The fourth-order valence-electron chi connectivity index (χ4n) is 2.93. The summed E-state index contributed by atoms with van der Waals surface area (Å²) in [7, 11) is 8.81. The molecule has 2 rings (SSSR count). The van der Waals surface area contributed by atoms with Gasteiger partial charge in [0.05, 0.1) is 21.3 Å². The number of rotatable bonds is 9. The molecule has 0 heterocycles. The molecule has 2 aromatic rings. The van der Waals surface area contributed by atoms with Crippen molar-refractivity contribution >= 4 is 0 Å². The Hall–Kier alpha value is -2.31. The molecule has 2 aromatic carbocycles. The third-order valence-corrected chi connectivity index (χ3v) is 4.32. The van der Waals surface area contributed by atoms with Crippen LogP contribution in [-0.4, -0.2) is 46.9 Å². The molecule has 0 aromatic heterocycles. The average Bonchev–Trinajstić information content (AvgIpc) is 2.65. The Morgan fingerprint density at radius 1 is 0.923 bits per heavy atom. The first-order chi connectivity index (χ1) is 12.5. The number of likely N-dealkylation sites (N-methyl/N-ethyl adjacent to an activating group) is 1. The lowest BCUT2D eigenvalue weighted by atomic mass is 10.1. The first kappa shape index (κ1) is 20.0. The minimum atomic E-state index is -0.228. The van der Waals surface area contributed by atoms with Crippen molar-refractivity contribution in [1.82, 2.24) is 10.2 Å². The lowest BCUT2D eigenvalue weighted by Crippen LogP contribution is -2.31. The first-order valence-electron chi connectivity index (χ1n) is 8.42. The minimum absolute atomic E-state index is 0.127. The number of nitrogens with one attached hydrogen (secondary N) is 1. The maximum absolute atomic E-state index is 13.2. The lowest BCUT2D eigenvalue weighted by Gasteiger charge is -2.25. The summed E-state index contributed by atoms with van der Waals surface area (Å²) < 4.78 is 29.4. The molecule has 5 nitrogen and oxygen atoms in total. The molecule has 0 aliphatic heterocycles. The molecule has 0 spiro atoms. The molecule has 0 saturated carbocycles. The van der Waals surface area contributed by atoms with E-state index in [4.69, 9.17) is 14.2 Å². The van der Waals surface area contributed by atoms with Crippen LogP contribution < -0.4 is 19.5 Å². The van der Waals surface area contributed by atoms with E-state index in [9.17, 15) is 4.39 Å². The summed E-state index contributed by atoms with van der Waals surface area (Å²) in [5.74, 6) is 1.64. The van der Waals surface area contributed by atoms with Gasteiger partial charge in [-0.1, -0.05) is 18.2 Å². The Bertz CT molecular complexity index is 705. The van der Waals surface area contributed by atoms with E-state index in [1.54, 1.807) is 21.3 Å². The van der Waals surface area contributed by atoms with Crippen LogP contribution >= 0.6 is 0 Å². The molecule has 1 N–H and O–H groups in total. The smallest absolute Gasteiger partial charge is 0.203 e. The van der Waals surface area contributed by atoms with Gasteiger partial charge in [0.2, 0.25) is 5.75 Å². The molecule has 26 heavy (non-hydrogen) atoms. The number of nitrogens with zero attached hydrogens (tertiary/aromatic N) is 1. The molecule has 0 bridgehead atoms. The van der Waals surface area contributed by atoms with Gasteiger partial charge in [0.15, 0.2) is 11.5 Å². The average molecular weight is 362 g/mol. The summed E-state index contributed by atoms with van der Waals surface area (Å²) >= 11 is 0. The number of halogens is 1. The van der Waals surface area contributed by atoms with Crippen molar-refractivity contribution < 1.29 is 18.6 Å². The van der Waals surface area contributed by atoms with Crippen LogP contribution in [0.15, 0.2) is 36.4 Å². The van der Waals surface area contributed by atoms with E-state index < -0.39 is 0 Å². The fraction of sp³-hybridized carbons (Fsp3) is 0.400. The highest BCUT2D eigenvalue weighted by Gasteiger charge is 2.17. The topological polar surface area (TPSA) is 43.0 Å². The Morgan fingerprint density at radius 2 is 1.58 bits per heavy atom. The van der Waals surface area contributed by atoms with E-state index in [1.165, 1.54) is 12.1 Å². The molecule has 0 radical (unpaired) electrons. The molecule has 0 aliphatic rings. The van der Waals surface area contributed by atoms with Crippen LogP contribution in [0.3, 0.4) is 0 Å². The Morgan fingerprint density at radius 3 is 2.12 bits per heavy atom. The van der Waals surface area contributed by atoms with E-state index in [2.05, 4.69) is 10.2 Å². The van der Waals surface area contributed by atoms with Crippen LogP contribution in [0.1, 0.15) is 17.2 Å². The quantitative estimate of drug-likeness (QED) is 0.742. The van der Waals surface area contributed by atoms with Crippen molar-refractivity contribution in [1.29, 1.82) is 0 Å². The van der Waals surface area contributed by atoms with Gasteiger partial charge in [-0.05, 0) is 37.9 Å². The van der Waals surface area contributed by atoms with Crippen molar-refractivity contribution in [3.8, 4) is 17.2 Å². The maximum Gasteiger partial charge on any atom is 0.203 e. The normalized spacial score (nSPS) is 12.1. The van der Waals surface area contributed by atoms with Crippen LogP contribution in [-0.2, 0) is 6.54 Å². The van der Waals surface area contributed by atoms with Crippen LogP contribution in [0.25, 0.3) is 0 Å². The third kappa shape index (κ3) is 4.65. The first-order valence-corrected chi connectivity index (χ1v) is 8.42. The Labute approximate surface area is 154 Å². The fourth-order valence-corrected chi connectivity index (χ4v) is 2.93. The monoisotopic (exact) mass is 362 g/mol. The second kappa shape index (κ2) is 9.40. The number of hydrogen-bond donors (Lipinski definition) is 1. The van der Waals surface area contributed by atoms with Crippen LogP contribution in [0.2, 0.25) is 0 Å². The summed E-state index contributed by atoms with van der Waals surface area (Å²) in [5, 5.41) is 3.45. The second-order valence-electron chi connectivity index (χ2n) is 6.16. The van der Waals surface area contributed by atoms with Crippen molar-refractivity contribution in [2.45, 2.75) is 12.6 Å². The van der Waals surface area contributed by atoms with Gasteiger partial charge >= 0.3 is 0 Å². The van der Waals surface area contributed by atoms with Gasteiger partial charge in [-0.25, -0.2) is 4.39 Å². The highest BCUT2D eigenvalue weighted by Crippen LogP contribution is 2.39. The molecule has 1 atom stereocenters. The van der Waals surface area contributed by atoms with E-state index >= 15 is 0 Å². The summed E-state index contributed by atoms with van der Waals surface area (Å²) in [5.41, 5.74) is 2.03. The summed E-state index contributed by atoms with van der Waals surface area (Å²) in [6.45, 7) is 1.31. The van der Waals surface area contributed by atoms with Gasteiger partial charge in [-0.15, -0.1) is 0 Å². The number of methoxy groups -OCH3 is 3. The lowest BCUT2D eigenvalue weighted by molar-refractivity contribution is 0.286. The van der Waals surface area contributed by atoms with Crippen molar-refractivity contribution in [2.75, 3.05) is 42.0 Å². The summed E-state index contributed by atoms with van der Waals surface area (Å²) in [6.07, 6.45) is 0. The van der Waals surface area contributed by atoms with E-state index in [-0.39, 0.29) is 11.9 Å². The molecule has 0 amide bonds. The van der Waals surface area contributed by atoms with Crippen molar-refractivity contribution in [3.05, 3.63) is 53.3 Å². The molecular formula is C20H27FN2O3. The molecule has 0 fully saturated rings. The Balaban J connectivity index is 2.11. The SMILES string of the molecule is COc1ccc(CNCC(c2ccc(F)cc2)N(C)C)c(OC)c1OC. The highest BCUT2D eigenvalue weighted by molar-refractivity contribution is 5.55. The van der Waals surface area contributed by atoms with Gasteiger partial charge in [-0.2, -0.15) is 0 Å². The number of benzene rings is 2. The van der Waals surface area contributed by atoms with Crippen LogP contribution in [0.5, 0.6) is 17.2 Å². The highest BCUT2D eigenvalue weighted by atomic mass is 19.1. The van der Waals surface area contributed by atoms with Gasteiger partial charge in [0.1, 0.15) is 5.82 Å². The second-order valence-corrected chi connectivity index (χ2v) is 6.16. The largest absolute Gasteiger partial charge is 0.493 e. The maximum atomic E-state index is 13.2. The molecule has 6 heteroatoms. The Kier molecular flexibility index (Phi) is 7.24. The van der Waals surface area contributed by atoms with Crippen LogP contribution in [0, 0.1) is 5.82 Å². The zero-order chi connectivity index (χ0) is 19.1. The predicted molar refractivity (Wildman–Crippen MR) is 101 cm³/mol. The number of hydrogen-bond acceptors (Lipinski definition) is 5. The van der Waals surface area contributed by atoms with E-state index in [0.717, 1.165) is 11.1 Å². The van der Waals surface area contributed by atoms with E-state index in [0.29, 0.717) is 30.3 Å². The molecular weight excluding hydrogens is 335 g/mol. The minimum Gasteiger partial charge on any atom is -0.493 e. The standard InChI is InChI=1S/C20H27FN2O3/c1-23(2)17(14-6-9-16(21)10-7-14)13-22-12-15-8-11-18(24-3)20(26-5)19(15)25-4/h6-11,17,22H,12-13H2,1-5H3. The van der Waals surface area contributed by atoms with Gasteiger partial charge in [-0.3, -0.25) is 0 Å². The zero-order valence-electron chi connectivity index (χ0n) is 16.0. The molecule has 0 aliphatic carbocycles. The summed E-state index contributed by atoms with van der Waals surface area (Å²) in [4.78, 5) is 2.10. The third-order valence-electron chi connectivity index (χ3n) is 4.32. The van der Waals surface area contributed by atoms with E-state index in [1.807, 2.05) is 38.4 Å². The van der Waals surface area contributed by atoms with Gasteiger partial charge in [0, 0.05) is 24.7 Å².